The monoisotopic (exact) mass is 483 g/mol. The molecule has 2 aliphatic rings. The number of hydrogen-bond donors (Lipinski definition) is 1. The largest absolute Gasteiger partial charge is 0.497 e. The molecule has 2 aromatic rings. The Morgan fingerprint density at radius 1 is 1.09 bits per heavy atom. The molecule has 1 unspecified atom stereocenters. The van der Waals surface area contributed by atoms with Crippen LogP contribution >= 0.6 is 0 Å². The van der Waals surface area contributed by atoms with Crippen LogP contribution in [-0.2, 0) is 16.1 Å². The summed E-state index contributed by atoms with van der Waals surface area (Å²) >= 11 is 0. The van der Waals surface area contributed by atoms with Crippen molar-refractivity contribution in [3.8, 4) is 17.1 Å². The minimum atomic E-state index is -0.473. The number of benzene rings is 1. The minimum Gasteiger partial charge on any atom is -0.497 e. The van der Waals surface area contributed by atoms with E-state index in [2.05, 4.69) is 20.4 Å². The normalized spacial score (nSPS) is 18.5. The van der Waals surface area contributed by atoms with E-state index in [1.165, 1.54) is 6.42 Å². The lowest BCUT2D eigenvalue weighted by molar-refractivity contribution is -0.140. The van der Waals surface area contributed by atoms with Gasteiger partial charge in [0.2, 0.25) is 23.5 Å². The first-order valence-corrected chi connectivity index (χ1v) is 12.7. The Morgan fingerprint density at radius 2 is 1.77 bits per heavy atom. The molecule has 190 valence electrons. The van der Waals surface area contributed by atoms with Gasteiger partial charge in [-0.2, -0.15) is 4.98 Å². The lowest BCUT2D eigenvalue weighted by atomic mass is 9.88. The average Bonchev–Trinajstić information content (AvgIpc) is 3.36. The lowest BCUT2D eigenvalue weighted by Gasteiger charge is -2.37. The first kappa shape index (κ1) is 25.2. The molecule has 1 saturated heterocycles. The summed E-state index contributed by atoms with van der Waals surface area (Å²) in [6.45, 7) is 7.19. The standard InChI is InChI=1S/C26H37N5O4/c1-18(2)23(28-25(32)20-7-5-4-6-8-20)26(33)31-15-13-30(14-16-31)17-22-27-24(29-35-22)19-9-11-21(34-3)12-10-19/h9-12,18,20,23H,4-8,13-17H2,1-3H3,(H,28,32). The fourth-order valence-corrected chi connectivity index (χ4v) is 4.84. The van der Waals surface area contributed by atoms with Crippen molar-refractivity contribution in [2.24, 2.45) is 11.8 Å². The highest BCUT2D eigenvalue weighted by Gasteiger charge is 2.33. The van der Waals surface area contributed by atoms with Gasteiger partial charge in [-0.1, -0.05) is 38.3 Å². The summed E-state index contributed by atoms with van der Waals surface area (Å²) in [4.78, 5) is 34.7. The van der Waals surface area contributed by atoms with E-state index >= 15 is 0 Å². The molecule has 1 N–H and O–H groups in total. The van der Waals surface area contributed by atoms with Gasteiger partial charge in [-0.25, -0.2) is 0 Å². The molecule has 0 radical (unpaired) electrons. The summed E-state index contributed by atoms with van der Waals surface area (Å²) in [7, 11) is 1.63. The van der Waals surface area contributed by atoms with Gasteiger partial charge in [0.15, 0.2) is 0 Å². The van der Waals surface area contributed by atoms with Crippen LogP contribution in [-0.4, -0.2) is 71.1 Å². The second kappa shape index (κ2) is 11.7. The van der Waals surface area contributed by atoms with Gasteiger partial charge in [0.05, 0.1) is 13.7 Å². The first-order chi connectivity index (χ1) is 16.9. The van der Waals surface area contributed by atoms with Crippen molar-refractivity contribution in [3.63, 3.8) is 0 Å². The van der Waals surface area contributed by atoms with Gasteiger partial charge in [0.1, 0.15) is 11.8 Å². The number of aromatic nitrogens is 2. The van der Waals surface area contributed by atoms with E-state index in [0.29, 0.717) is 44.4 Å². The van der Waals surface area contributed by atoms with Crippen molar-refractivity contribution in [1.82, 2.24) is 25.3 Å². The molecule has 1 aliphatic carbocycles. The highest BCUT2D eigenvalue weighted by Crippen LogP contribution is 2.24. The fourth-order valence-electron chi connectivity index (χ4n) is 4.84. The summed E-state index contributed by atoms with van der Waals surface area (Å²) in [6.07, 6.45) is 5.26. The number of hydrogen-bond acceptors (Lipinski definition) is 7. The van der Waals surface area contributed by atoms with Crippen molar-refractivity contribution >= 4 is 11.8 Å². The van der Waals surface area contributed by atoms with Crippen LogP contribution in [0.1, 0.15) is 51.8 Å². The molecule has 1 aliphatic heterocycles. The first-order valence-electron chi connectivity index (χ1n) is 12.7. The van der Waals surface area contributed by atoms with Gasteiger partial charge >= 0.3 is 0 Å². The SMILES string of the molecule is COc1ccc(-c2noc(CN3CCN(C(=O)C(NC(=O)C4CCCCC4)C(C)C)CC3)n2)cc1. The smallest absolute Gasteiger partial charge is 0.245 e. The van der Waals surface area contributed by atoms with E-state index in [-0.39, 0.29) is 23.7 Å². The van der Waals surface area contributed by atoms with E-state index in [1.54, 1.807) is 7.11 Å². The zero-order valence-electron chi connectivity index (χ0n) is 21.0. The van der Waals surface area contributed by atoms with Crippen LogP contribution in [0.15, 0.2) is 28.8 Å². The van der Waals surface area contributed by atoms with Crippen molar-refractivity contribution < 1.29 is 18.8 Å². The van der Waals surface area contributed by atoms with Gasteiger partial charge in [0, 0.05) is 37.7 Å². The molecular formula is C26H37N5O4. The van der Waals surface area contributed by atoms with Crippen molar-refractivity contribution in [1.29, 1.82) is 0 Å². The van der Waals surface area contributed by atoms with Crippen LogP contribution in [0.4, 0.5) is 0 Å². The van der Waals surface area contributed by atoms with Gasteiger partial charge in [-0.3, -0.25) is 14.5 Å². The van der Waals surface area contributed by atoms with Crippen molar-refractivity contribution in [3.05, 3.63) is 30.2 Å². The van der Waals surface area contributed by atoms with Crippen LogP contribution in [0.2, 0.25) is 0 Å². The lowest BCUT2D eigenvalue weighted by Crippen LogP contribution is -2.57. The van der Waals surface area contributed by atoms with Crippen molar-refractivity contribution in [2.75, 3.05) is 33.3 Å². The summed E-state index contributed by atoms with van der Waals surface area (Å²) in [5, 5.41) is 7.18. The second-order valence-corrected chi connectivity index (χ2v) is 9.91. The quantitative estimate of drug-likeness (QED) is 0.616. The number of rotatable bonds is 8. The van der Waals surface area contributed by atoms with Crippen molar-refractivity contribution in [2.45, 2.75) is 58.5 Å². The van der Waals surface area contributed by atoms with Crippen LogP contribution < -0.4 is 10.1 Å². The molecule has 2 amide bonds. The number of carbonyl (C=O) groups excluding carboxylic acids is 2. The number of nitrogens with one attached hydrogen (secondary N) is 1. The summed E-state index contributed by atoms with van der Waals surface area (Å²) in [6, 6.07) is 7.05. The Bertz CT molecular complexity index is 976. The summed E-state index contributed by atoms with van der Waals surface area (Å²) in [5.74, 6) is 2.02. The Morgan fingerprint density at radius 3 is 2.40 bits per heavy atom. The Hall–Kier alpha value is -2.94. The molecule has 9 nitrogen and oxygen atoms in total. The molecule has 35 heavy (non-hydrogen) atoms. The molecule has 1 atom stereocenters. The van der Waals surface area contributed by atoms with E-state index < -0.39 is 6.04 Å². The Balaban J connectivity index is 1.28. The van der Waals surface area contributed by atoms with Crippen LogP contribution in [0.25, 0.3) is 11.4 Å². The van der Waals surface area contributed by atoms with Gasteiger partial charge in [-0.15, -0.1) is 0 Å². The molecule has 0 bridgehead atoms. The van der Waals surface area contributed by atoms with E-state index in [4.69, 9.17) is 9.26 Å². The number of methoxy groups -OCH3 is 1. The molecule has 2 heterocycles. The molecule has 4 rings (SSSR count). The number of amides is 2. The van der Waals surface area contributed by atoms with Gasteiger partial charge in [-0.05, 0) is 43.0 Å². The summed E-state index contributed by atoms with van der Waals surface area (Å²) in [5.41, 5.74) is 0.867. The summed E-state index contributed by atoms with van der Waals surface area (Å²) < 4.78 is 10.7. The molecule has 1 aromatic carbocycles. The molecule has 1 aromatic heterocycles. The average molecular weight is 484 g/mol. The van der Waals surface area contributed by atoms with Crippen LogP contribution in [0.5, 0.6) is 5.75 Å². The molecule has 2 fully saturated rings. The van der Waals surface area contributed by atoms with Crippen LogP contribution in [0, 0.1) is 11.8 Å². The topological polar surface area (TPSA) is 101 Å². The predicted octanol–water partition coefficient (Wildman–Crippen LogP) is 3.11. The molecular weight excluding hydrogens is 446 g/mol. The molecule has 9 heteroatoms. The van der Waals surface area contributed by atoms with E-state index in [0.717, 1.165) is 37.0 Å². The second-order valence-electron chi connectivity index (χ2n) is 9.91. The Labute approximate surface area is 207 Å². The maximum Gasteiger partial charge on any atom is 0.245 e. The predicted molar refractivity (Wildman–Crippen MR) is 131 cm³/mol. The number of carbonyl (C=O) groups is 2. The maximum absolute atomic E-state index is 13.3. The highest BCUT2D eigenvalue weighted by atomic mass is 16.5. The van der Waals surface area contributed by atoms with Gasteiger partial charge in [0.25, 0.3) is 0 Å². The van der Waals surface area contributed by atoms with E-state index in [1.807, 2.05) is 43.0 Å². The number of nitrogens with zero attached hydrogens (tertiary/aromatic N) is 4. The maximum atomic E-state index is 13.3. The van der Waals surface area contributed by atoms with Crippen LogP contribution in [0.3, 0.4) is 0 Å². The zero-order chi connectivity index (χ0) is 24.8. The number of ether oxygens (including phenoxy) is 1. The minimum absolute atomic E-state index is 0.0170. The molecule has 1 saturated carbocycles. The van der Waals surface area contributed by atoms with E-state index in [9.17, 15) is 9.59 Å². The fraction of sp³-hybridized carbons (Fsp3) is 0.615. The highest BCUT2D eigenvalue weighted by molar-refractivity contribution is 5.88. The van der Waals surface area contributed by atoms with Gasteiger partial charge < -0.3 is 19.5 Å². The third kappa shape index (κ3) is 6.39. The Kier molecular flexibility index (Phi) is 8.38. The third-order valence-electron chi connectivity index (χ3n) is 7.07. The number of piperazine rings is 1. The third-order valence-corrected chi connectivity index (χ3v) is 7.07. The molecule has 0 spiro atoms. The zero-order valence-corrected chi connectivity index (χ0v) is 21.0.